The minimum Gasteiger partial charge on any atom is -0.340 e. The van der Waals surface area contributed by atoms with Crippen molar-refractivity contribution in [1.82, 2.24) is 14.7 Å². The zero-order valence-electron chi connectivity index (χ0n) is 7.70. The average molecular weight is 202 g/mol. The van der Waals surface area contributed by atoms with Gasteiger partial charge in [-0.15, -0.1) is 11.6 Å². The van der Waals surface area contributed by atoms with Gasteiger partial charge in [0.15, 0.2) is 0 Å². The first-order valence-electron chi connectivity index (χ1n) is 3.91. The Kier molecular flexibility index (Phi) is 3.31. The molecule has 0 bridgehead atoms. The molecule has 1 aromatic rings. The van der Waals surface area contributed by atoms with Crippen LogP contribution >= 0.6 is 11.6 Å². The van der Waals surface area contributed by atoms with Gasteiger partial charge in [-0.3, -0.25) is 9.48 Å². The molecule has 0 fully saturated rings. The lowest BCUT2D eigenvalue weighted by Gasteiger charge is -2.13. The minimum atomic E-state index is -0.0782. The molecule has 1 heterocycles. The number of carbonyl (C=O) groups excluding carboxylic acids is 1. The molecule has 0 saturated heterocycles. The first kappa shape index (κ1) is 10.1. The van der Waals surface area contributed by atoms with Crippen molar-refractivity contribution in [2.75, 3.05) is 12.9 Å². The SMILES string of the molecule is CN(Cc1cnn(C)c1)C(=O)CCl. The van der Waals surface area contributed by atoms with E-state index in [0.29, 0.717) is 6.54 Å². The van der Waals surface area contributed by atoms with Gasteiger partial charge in [0, 0.05) is 32.4 Å². The van der Waals surface area contributed by atoms with Crippen LogP contribution in [0.15, 0.2) is 12.4 Å². The normalized spacial score (nSPS) is 10.1. The maximum atomic E-state index is 11.1. The van der Waals surface area contributed by atoms with E-state index in [2.05, 4.69) is 5.10 Å². The van der Waals surface area contributed by atoms with Gasteiger partial charge in [0.05, 0.1) is 6.20 Å². The summed E-state index contributed by atoms with van der Waals surface area (Å²) in [7, 11) is 3.56. The van der Waals surface area contributed by atoms with Gasteiger partial charge in [-0.1, -0.05) is 0 Å². The van der Waals surface area contributed by atoms with Crippen molar-refractivity contribution in [1.29, 1.82) is 0 Å². The zero-order valence-corrected chi connectivity index (χ0v) is 8.45. The number of amides is 1. The first-order chi connectivity index (χ1) is 6.13. The van der Waals surface area contributed by atoms with Gasteiger partial charge in [-0.05, 0) is 0 Å². The molecule has 0 aliphatic rings. The molecule has 0 atom stereocenters. The summed E-state index contributed by atoms with van der Waals surface area (Å²) in [6.45, 7) is 0.555. The quantitative estimate of drug-likeness (QED) is 0.673. The topological polar surface area (TPSA) is 38.1 Å². The standard InChI is InChI=1S/C8H12ClN3O/c1-11(8(13)3-9)5-7-4-10-12(2)6-7/h4,6H,3,5H2,1-2H3. The molecule has 1 aromatic heterocycles. The Bertz CT molecular complexity index is 297. The highest BCUT2D eigenvalue weighted by atomic mass is 35.5. The van der Waals surface area contributed by atoms with Crippen LogP contribution in [0.25, 0.3) is 0 Å². The lowest BCUT2D eigenvalue weighted by Crippen LogP contribution is -2.26. The Hall–Kier alpha value is -1.03. The lowest BCUT2D eigenvalue weighted by atomic mass is 10.3. The highest BCUT2D eigenvalue weighted by Crippen LogP contribution is 2.01. The molecule has 1 amide bonds. The second-order valence-electron chi connectivity index (χ2n) is 2.91. The Morgan fingerprint density at radius 1 is 1.77 bits per heavy atom. The highest BCUT2D eigenvalue weighted by Gasteiger charge is 2.07. The molecule has 13 heavy (non-hydrogen) atoms. The van der Waals surface area contributed by atoms with E-state index in [0.717, 1.165) is 5.56 Å². The summed E-state index contributed by atoms with van der Waals surface area (Å²) in [5.41, 5.74) is 1.00. The average Bonchev–Trinajstić information content (AvgIpc) is 2.49. The summed E-state index contributed by atoms with van der Waals surface area (Å²) in [6, 6.07) is 0. The van der Waals surface area contributed by atoms with Crippen LogP contribution in [0.2, 0.25) is 0 Å². The maximum absolute atomic E-state index is 11.1. The Balaban J connectivity index is 2.54. The molecule has 0 aromatic carbocycles. The lowest BCUT2D eigenvalue weighted by molar-refractivity contribution is -0.127. The number of aryl methyl sites for hydroxylation is 1. The van der Waals surface area contributed by atoms with Crippen LogP contribution in [0.1, 0.15) is 5.56 Å². The summed E-state index contributed by atoms with van der Waals surface area (Å²) in [6.07, 6.45) is 3.61. The third kappa shape index (κ3) is 2.73. The second-order valence-corrected chi connectivity index (χ2v) is 3.17. The van der Waals surface area contributed by atoms with E-state index in [1.807, 2.05) is 13.2 Å². The molecule has 1 rings (SSSR count). The molecular formula is C8H12ClN3O. The predicted molar refractivity (Wildman–Crippen MR) is 50.4 cm³/mol. The van der Waals surface area contributed by atoms with Crippen LogP contribution in [0.5, 0.6) is 0 Å². The summed E-state index contributed by atoms with van der Waals surface area (Å²) >= 11 is 5.41. The van der Waals surface area contributed by atoms with Crippen LogP contribution in [-0.4, -0.2) is 33.5 Å². The smallest absolute Gasteiger partial charge is 0.237 e. The summed E-state index contributed by atoms with van der Waals surface area (Å²) in [4.78, 5) is 12.7. The Morgan fingerprint density at radius 3 is 2.92 bits per heavy atom. The van der Waals surface area contributed by atoms with Gasteiger partial charge in [-0.25, -0.2) is 0 Å². The number of halogens is 1. The summed E-state index contributed by atoms with van der Waals surface area (Å²) in [5, 5.41) is 4.00. The number of hydrogen-bond donors (Lipinski definition) is 0. The summed E-state index contributed by atoms with van der Waals surface area (Å²) < 4.78 is 1.70. The van der Waals surface area contributed by atoms with Crippen molar-refractivity contribution in [2.24, 2.45) is 7.05 Å². The van der Waals surface area contributed by atoms with Gasteiger partial charge < -0.3 is 4.90 Å². The minimum absolute atomic E-state index is 0.0246. The van der Waals surface area contributed by atoms with E-state index in [4.69, 9.17) is 11.6 Å². The van der Waals surface area contributed by atoms with E-state index >= 15 is 0 Å². The molecule has 0 spiro atoms. The zero-order chi connectivity index (χ0) is 9.84. The molecule has 0 unspecified atom stereocenters. The van der Waals surface area contributed by atoms with Crippen molar-refractivity contribution in [3.05, 3.63) is 18.0 Å². The van der Waals surface area contributed by atoms with Crippen LogP contribution in [0, 0.1) is 0 Å². The van der Waals surface area contributed by atoms with Gasteiger partial charge in [-0.2, -0.15) is 5.10 Å². The first-order valence-corrected chi connectivity index (χ1v) is 4.44. The monoisotopic (exact) mass is 201 g/mol. The second kappa shape index (κ2) is 4.28. The van der Waals surface area contributed by atoms with Crippen LogP contribution in [0.4, 0.5) is 0 Å². The van der Waals surface area contributed by atoms with E-state index in [9.17, 15) is 4.79 Å². The molecule has 0 saturated carbocycles. The van der Waals surface area contributed by atoms with Crippen LogP contribution < -0.4 is 0 Å². The van der Waals surface area contributed by atoms with Gasteiger partial charge in [0.1, 0.15) is 5.88 Å². The number of aromatic nitrogens is 2. The molecule has 72 valence electrons. The number of alkyl halides is 1. The van der Waals surface area contributed by atoms with Crippen LogP contribution in [0.3, 0.4) is 0 Å². The third-order valence-electron chi connectivity index (χ3n) is 1.72. The molecule has 0 aliphatic carbocycles. The fourth-order valence-electron chi connectivity index (χ4n) is 1.02. The molecule has 0 radical (unpaired) electrons. The van der Waals surface area contributed by atoms with E-state index in [-0.39, 0.29) is 11.8 Å². The number of carbonyl (C=O) groups is 1. The molecule has 0 N–H and O–H groups in total. The number of hydrogen-bond acceptors (Lipinski definition) is 2. The van der Waals surface area contributed by atoms with Crippen LogP contribution in [-0.2, 0) is 18.4 Å². The third-order valence-corrected chi connectivity index (χ3v) is 1.95. The molecule has 4 nitrogen and oxygen atoms in total. The number of rotatable bonds is 3. The van der Waals surface area contributed by atoms with Crippen molar-refractivity contribution in [3.8, 4) is 0 Å². The fraction of sp³-hybridized carbons (Fsp3) is 0.500. The number of nitrogens with zero attached hydrogens (tertiary/aromatic N) is 3. The fourth-order valence-corrected chi connectivity index (χ4v) is 1.22. The van der Waals surface area contributed by atoms with E-state index in [1.54, 1.807) is 22.8 Å². The maximum Gasteiger partial charge on any atom is 0.237 e. The predicted octanol–water partition coefficient (Wildman–Crippen LogP) is 0.617. The van der Waals surface area contributed by atoms with Crippen molar-refractivity contribution in [2.45, 2.75) is 6.54 Å². The van der Waals surface area contributed by atoms with E-state index < -0.39 is 0 Å². The van der Waals surface area contributed by atoms with Gasteiger partial charge in [0.25, 0.3) is 0 Å². The molecule has 5 heteroatoms. The van der Waals surface area contributed by atoms with E-state index in [1.165, 1.54) is 0 Å². The van der Waals surface area contributed by atoms with Crippen molar-refractivity contribution in [3.63, 3.8) is 0 Å². The molecular weight excluding hydrogens is 190 g/mol. The highest BCUT2D eigenvalue weighted by molar-refractivity contribution is 6.27. The Labute approximate surface area is 82.1 Å². The van der Waals surface area contributed by atoms with Crippen molar-refractivity contribution >= 4 is 17.5 Å². The Morgan fingerprint density at radius 2 is 2.46 bits per heavy atom. The largest absolute Gasteiger partial charge is 0.340 e. The molecule has 0 aliphatic heterocycles. The van der Waals surface area contributed by atoms with Gasteiger partial charge >= 0.3 is 0 Å². The van der Waals surface area contributed by atoms with Gasteiger partial charge in [0.2, 0.25) is 5.91 Å². The van der Waals surface area contributed by atoms with Crippen molar-refractivity contribution < 1.29 is 4.79 Å². The summed E-state index contributed by atoms with van der Waals surface area (Å²) in [5.74, 6) is -0.0537.